The van der Waals surface area contributed by atoms with Gasteiger partial charge in [-0.05, 0) is 17.5 Å². The van der Waals surface area contributed by atoms with Gasteiger partial charge >= 0.3 is 0 Å². The highest BCUT2D eigenvalue weighted by Gasteiger charge is 2.23. The predicted molar refractivity (Wildman–Crippen MR) is 84.8 cm³/mol. The Hall–Kier alpha value is -2.41. The molecule has 0 spiro atoms. The van der Waals surface area contributed by atoms with E-state index in [9.17, 15) is 4.79 Å². The quantitative estimate of drug-likeness (QED) is 0.748. The fraction of sp³-hybridized carbons (Fsp3) is 0.333. The topological polar surface area (TPSA) is 96.7 Å². The van der Waals surface area contributed by atoms with Gasteiger partial charge in [-0.25, -0.2) is 4.98 Å². The lowest BCUT2D eigenvalue weighted by Gasteiger charge is -2.18. The zero-order chi connectivity index (χ0) is 16.4. The number of hydrogen-bond acceptors (Lipinski definition) is 5. The number of carbonyl (C=O) groups excluding carboxylic acids is 1. The Kier molecular flexibility index (Phi) is 4.29. The lowest BCUT2D eigenvalue weighted by Crippen LogP contribution is -2.33. The average Bonchev–Trinajstić information content (AvgIpc) is 3.15. The minimum atomic E-state index is -0.306. The van der Waals surface area contributed by atoms with Crippen molar-refractivity contribution < 1.29 is 9.32 Å². The Morgan fingerprint density at radius 3 is 2.96 bits per heavy atom. The summed E-state index contributed by atoms with van der Waals surface area (Å²) in [4.78, 5) is 23.6. The van der Waals surface area contributed by atoms with E-state index in [0.717, 1.165) is 10.9 Å². The third-order valence-electron chi connectivity index (χ3n) is 3.60. The minimum absolute atomic E-state index is 0.129. The first kappa shape index (κ1) is 15.5. The van der Waals surface area contributed by atoms with Crippen molar-refractivity contribution in [3.63, 3.8) is 0 Å². The maximum atomic E-state index is 12.4. The maximum absolute atomic E-state index is 12.4. The molecule has 8 heteroatoms. The number of H-pyrrole nitrogens is 1. The molecule has 0 radical (unpaired) electrons. The number of halogens is 1. The van der Waals surface area contributed by atoms with Crippen LogP contribution < -0.4 is 5.32 Å². The predicted octanol–water partition coefficient (Wildman–Crippen LogP) is 2.66. The number of hydrogen-bond donors (Lipinski definition) is 2. The molecule has 0 aliphatic carbocycles. The number of rotatable bonds is 5. The molecule has 0 saturated carbocycles. The van der Waals surface area contributed by atoms with E-state index < -0.39 is 0 Å². The highest BCUT2D eigenvalue weighted by atomic mass is 35.5. The highest BCUT2D eigenvalue weighted by molar-refractivity contribution is 6.35. The normalized spacial score (nSPS) is 12.7. The van der Waals surface area contributed by atoms with Gasteiger partial charge in [0.25, 0.3) is 0 Å². The van der Waals surface area contributed by atoms with Crippen LogP contribution in [0.2, 0.25) is 5.02 Å². The van der Waals surface area contributed by atoms with Gasteiger partial charge in [-0.1, -0.05) is 30.6 Å². The Balaban J connectivity index is 1.78. The SMILES string of the molecule is CC(C)C(NC(=O)Cc1c[nH]c2nccc(Cl)c12)c1ncon1. The van der Waals surface area contributed by atoms with E-state index in [1.54, 1.807) is 18.5 Å². The van der Waals surface area contributed by atoms with Gasteiger partial charge in [-0.15, -0.1) is 0 Å². The highest BCUT2D eigenvalue weighted by Crippen LogP contribution is 2.25. The van der Waals surface area contributed by atoms with E-state index in [2.05, 4.69) is 25.4 Å². The van der Waals surface area contributed by atoms with Gasteiger partial charge < -0.3 is 14.8 Å². The molecule has 3 rings (SSSR count). The van der Waals surface area contributed by atoms with Crippen LogP contribution in [0.25, 0.3) is 11.0 Å². The second kappa shape index (κ2) is 6.37. The van der Waals surface area contributed by atoms with E-state index in [-0.39, 0.29) is 24.3 Å². The number of nitrogens with zero attached hydrogens (tertiary/aromatic N) is 3. The largest absolute Gasteiger partial charge is 0.346 e. The number of nitrogens with one attached hydrogen (secondary N) is 2. The number of aromatic amines is 1. The second-order valence-corrected chi connectivity index (χ2v) is 5.99. The molecule has 3 heterocycles. The summed E-state index contributed by atoms with van der Waals surface area (Å²) in [6, 6.07) is 1.40. The third-order valence-corrected chi connectivity index (χ3v) is 3.91. The van der Waals surface area contributed by atoms with Crippen LogP contribution in [0.5, 0.6) is 0 Å². The number of carbonyl (C=O) groups is 1. The summed E-state index contributed by atoms with van der Waals surface area (Å²) >= 11 is 6.20. The van der Waals surface area contributed by atoms with E-state index in [1.807, 2.05) is 13.8 Å². The Morgan fingerprint density at radius 2 is 2.26 bits per heavy atom. The lowest BCUT2D eigenvalue weighted by atomic mass is 10.0. The van der Waals surface area contributed by atoms with Crippen molar-refractivity contribution >= 4 is 28.5 Å². The summed E-state index contributed by atoms with van der Waals surface area (Å²) in [6.07, 6.45) is 4.81. The van der Waals surface area contributed by atoms with Crippen LogP contribution in [0.3, 0.4) is 0 Å². The van der Waals surface area contributed by atoms with Crippen LogP contribution in [-0.4, -0.2) is 26.0 Å². The molecule has 7 nitrogen and oxygen atoms in total. The molecule has 0 saturated heterocycles. The first-order valence-electron chi connectivity index (χ1n) is 7.22. The zero-order valence-corrected chi connectivity index (χ0v) is 13.5. The molecule has 120 valence electrons. The van der Waals surface area contributed by atoms with Crippen LogP contribution in [0.4, 0.5) is 0 Å². The molecular formula is C15H16ClN5O2. The molecule has 23 heavy (non-hydrogen) atoms. The van der Waals surface area contributed by atoms with Crippen LogP contribution in [0.15, 0.2) is 29.4 Å². The minimum Gasteiger partial charge on any atom is -0.346 e. The monoisotopic (exact) mass is 333 g/mol. The first-order valence-corrected chi connectivity index (χ1v) is 7.60. The fourth-order valence-corrected chi connectivity index (χ4v) is 2.73. The summed E-state index contributed by atoms with van der Waals surface area (Å²) in [6.45, 7) is 3.96. The van der Waals surface area contributed by atoms with Gasteiger partial charge in [0, 0.05) is 17.8 Å². The molecule has 0 fully saturated rings. The summed E-state index contributed by atoms with van der Waals surface area (Å²) in [5.41, 5.74) is 1.46. The molecule has 1 atom stereocenters. The van der Waals surface area contributed by atoms with Gasteiger partial charge in [0.15, 0.2) is 5.82 Å². The molecule has 1 unspecified atom stereocenters. The van der Waals surface area contributed by atoms with Crippen molar-refractivity contribution in [3.8, 4) is 0 Å². The van der Waals surface area contributed by atoms with Gasteiger partial charge in [-0.3, -0.25) is 4.79 Å². The molecule has 2 N–H and O–H groups in total. The zero-order valence-electron chi connectivity index (χ0n) is 12.7. The van der Waals surface area contributed by atoms with E-state index >= 15 is 0 Å². The molecule has 3 aromatic rings. The molecule has 0 aromatic carbocycles. The second-order valence-electron chi connectivity index (χ2n) is 5.59. The van der Waals surface area contributed by atoms with Crippen LogP contribution in [0, 0.1) is 5.92 Å². The third kappa shape index (κ3) is 3.19. The Bertz CT molecular complexity index is 813. The Morgan fingerprint density at radius 1 is 1.43 bits per heavy atom. The fourth-order valence-electron chi connectivity index (χ4n) is 2.46. The maximum Gasteiger partial charge on any atom is 0.225 e. The van der Waals surface area contributed by atoms with Crippen molar-refractivity contribution in [3.05, 3.63) is 41.3 Å². The number of amides is 1. The standard InChI is InChI=1S/C15H16ClN5O2/c1-8(2)13(15-19-7-23-21-15)20-11(22)5-9-6-18-14-12(9)10(16)3-4-17-14/h3-4,6-8,13H,5H2,1-2H3,(H,17,18)(H,20,22). The van der Waals surface area contributed by atoms with Crippen LogP contribution in [0.1, 0.15) is 31.3 Å². The summed E-state index contributed by atoms with van der Waals surface area (Å²) in [7, 11) is 0. The van der Waals surface area contributed by atoms with Crippen molar-refractivity contribution in [2.24, 2.45) is 5.92 Å². The molecule has 0 aliphatic heterocycles. The summed E-state index contributed by atoms with van der Waals surface area (Å²) in [5, 5.41) is 8.09. The smallest absolute Gasteiger partial charge is 0.225 e. The van der Waals surface area contributed by atoms with Crippen molar-refractivity contribution in [1.29, 1.82) is 0 Å². The Labute approximate surface area is 137 Å². The van der Waals surface area contributed by atoms with Gasteiger partial charge in [0.2, 0.25) is 12.3 Å². The van der Waals surface area contributed by atoms with Crippen molar-refractivity contribution in [2.45, 2.75) is 26.3 Å². The molecule has 0 aliphatic rings. The average molecular weight is 334 g/mol. The molecular weight excluding hydrogens is 318 g/mol. The molecule has 0 bridgehead atoms. The number of fused-ring (bicyclic) bond motifs is 1. The number of aromatic nitrogens is 4. The van der Waals surface area contributed by atoms with Gasteiger partial charge in [0.05, 0.1) is 17.5 Å². The summed E-state index contributed by atoms with van der Waals surface area (Å²) < 4.78 is 4.76. The van der Waals surface area contributed by atoms with Gasteiger partial charge in [0.1, 0.15) is 5.65 Å². The van der Waals surface area contributed by atoms with E-state index in [0.29, 0.717) is 16.5 Å². The number of pyridine rings is 1. The first-order chi connectivity index (χ1) is 11.1. The van der Waals surface area contributed by atoms with Crippen molar-refractivity contribution in [2.75, 3.05) is 0 Å². The van der Waals surface area contributed by atoms with Crippen LogP contribution >= 0.6 is 11.6 Å². The van der Waals surface area contributed by atoms with Crippen LogP contribution in [-0.2, 0) is 11.2 Å². The van der Waals surface area contributed by atoms with Gasteiger partial charge in [-0.2, -0.15) is 4.98 Å². The van der Waals surface area contributed by atoms with E-state index in [1.165, 1.54) is 6.39 Å². The van der Waals surface area contributed by atoms with Crippen molar-refractivity contribution in [1.82, 2.24) is 25.4 Å². The molecule has 3 aromatic heterocycles. The lowest BCUT2D eigenvalue weighted by molar-refractivity contribution is -0.121. The molecule has 1 amide bonds. The summed E-state index contributed by atoms with van der Waals surface area (Å²) in [5.74, 6) is 0.450. The van der Waals surface area contributed by atoms with E-state index in [4.69, 9.17) is 16.1 Å².